The first kappa shape index (κ1) is 17.0. The van der Waals surface area contributed by atoms with Gasteiger partial charge in [0.05, 0.1) is 5.54 Å². The Kier molecular flexibility index (Phi) is 5.24. The molecule has 1 N–H and O–H groups in total. The number of benzene rings is 2. The van der Waals surface area contributed by atoms with Crippen molar-refractivity contribution in [2.24, 2.45) is 0 Å². The summed E-state index contributed by atoms with van der Waals surface area (Å²) in [5, 5.41) is 4.85. The van der Waals surface area contributed by atoms with Gasteiger partial charge in [0.15, 0.2) is 5.78 Å². The van der Waals surface area contributed by atoms with E-state index in [-0.39, 0.29) is 11.7 Å². The summed E-state index contributed by atoms with van der Waals surface area (Å²) < 4.78 is -0.825. The second-order valence-electron chi connectivity index (χ2n) is 5.37. The molecule has 0 fully saturated rings. The van der Waals surface area contributed by atoms with Crippen molar-refractivity contribution in [1.82, 2.24) is 5.32 Å². The Morgan fingerprint density at radius 3 is 2.45 bits per heavy atom. The minimum absolute atomic E-state index is 0.259. The molecule has 0 aliphatic rings. The molecular weight excluding hydrogens is 366 g/mol. The number of Topliss-reactive ketones (excluding diaryl/α,β-unsaturated/α-hetero) is 1. The van der Waals surface area contributed by atoms with Crippen molar-refractivity contribution < 1.29 is 9.59 Å². The van der Waals surface area contributed by atoms with Crippen LogP contribution in [0, 0.1) is 0 Å². The van der Waals surface area contributed by atoms with E-state index in [1.54, 1.807) is 13.0 Å². The number of carbonyl (C=O) groups is 2. The highest BCUT2D eigenvalue weighted by Crippen LogP contribution is 2.21. The Balaban J connectivity index is 2.27. The van der Waals surface area contributed by atoms with Crippen molar-refractivity contribution in [3.8, 4) is 0 Å². The van der Waals surface area contributed by atoms with Crippen LogP contribution in [0.25, 0.3) is 10.8 Å². The van der Waals surface area contributed by atoms with Gasteiger partial charge < -0.3 is 5.32 Å². The molecule has 22 heavy (non-hydrogen) atoms. The molecule has 2 aromatic rings. The third kappa shape index (κ3) is 3.50. The Morgan fingerprint density at radius 2 is 1.86 bits per heavy atom. The first-order valence-electron chi connectivity index (χ1n) is 7.01. The molecule has 2 unspecified atom stereocenters. The maximum atomic E-state index is 12.5. The predicted octanol–water partition coefficient (Wildman–Crippen LogP) is 4.27. The van der Waals surface area contributed by atoms with Gasteiger partial charge in [-0.25, -0.2) is 0 Å². The molecule has 3 nitrogen and oxygen atoms in total. The van der Waals surface area contributed by atoms with Crippen molar-refractivity contribution in [3.63, 3.8) is 0 Å². The van der Waals surface area contributed by atoms with Crippen molar-refractivity contribution in [2.75, 3.05) is 0 Å². The van der Waals surface area contributed by atoms with Crippen molar-refractivity contribution >= 4 is 50.0 Å². The topological polar surface area (TPSA) is 46.2 Å². The number of alkyl halides is 2. The fourth-order valence-electron chi connectivity index (χ4n) is 2.22. The van der Waals surface area contributed by atoms with Crippen LogP contribution in [-0.4, -0.2) is 21.5 Å². The minimum Gasteiger partial charge on any atom is -0.340 e. The van der Waals surface area contributed by atoms with Gasteiger partial charge in [-0.1, -0.05) is 53.2 Å². The molecule has 116 valence electrons. The van der Waals surface area contributed by atoms with Crippen molar-refractivity contribution in [3.05, 3.63) is 48.0 Å². The van der Waals surface area contributed by atoms with E-state index in [9.17, 15) is 9.59 Å². The van der Waals surface area contributed by atoms with Crippen LogP contribution in [0.1, 0.15) is 30.6 Å². The fraction of sp³-hybridized carbons (Fsp3) is 0.294. The maximum absolute atomic E-state index is 12.5. The van der Waals surface area contributed by atoms with Gasteiger partial charge in [-0.15, -0.1) is 11.6 Å². The van der Waals surface area contributed by atoms with Crippen LogP contribution in [0.2, 0.25) is 0 Å². The molecule has 1 amide bonds. The summed E-state index contributed by atoms with van der Waals surface area (Å²) in [6.07, 6.45) is 0.458. The lowest BCUT2D eigenvalue weighted by molar-refractivity contribution is -0.122. The first-order chi connectivity index (χ1) is 10.4. The lowest BCUT2D eigenvalue weighted by atomic mass is 9.93. The van der Waals surface area contributed by atoms with Crippen LogP contribution in [0.5, 0.6) is 0 Å². The van der Waals surface area contributed by atoms with Gasteiger partial charge >= 0.3 is 0 Å². The zero-order valence-electron chi connectivity index (χ0n) is 12.4. The standard InChI is InChI=1S/C17H17BrClNO2/c1-3-17(2,14(21)15(18)19)20-16(22)13-9-8-11-6-4-5-7-12(11)10-13/h4-10,15H,3H2,1-2H3,(H,20,22). The molecule has 0 radical (unpaired) electrons. The number of hydrogen-bond donors (Lipinski definition) is 1. The molecule has 2 rings (SSSR count). The second-order valence-corrected chi connectivity index (χ2v) is 7.25. The second kappa shape index (κ2) is 6.80. The van der Waals surface area contributed by atoms with E-state index in [0.717, 1.165) is 10.8 Å². The summed E-state index contributed by atoms with van der Waals surface area (Å²) in [5.41, 5.74) is -0.481. The molecule has 0 bridgehead atoms. The van der Waals surface area contributed by atoms with E-state index in [0.29, 0.717) is 12.0 Å². The molecule has 0 saturated heterocycles. The number of carbonyl (C=O) groups excluding carboxylic acids is 2. The number of fused-ring (bicyclic) bond motifs is 1. The Labute approximate surface area is 143 Å². The molecule has 0 saturated carbocycles. The normalized spacial score (nSPS) is 15.1. The Hall–Kier alpha value is -1.39. The molecule has 5 heteroatoms. The lowest BCUT2D eigenvalue weighted by Crippen LogP contribution is -2.53. The van der Waals surface area contributed by atoms with Gasteiger partial charge in [0.2, 0.25) is 0 Å². The van der Waals surface area contributed by atoms with Crippen LogP contribution in [0.4, 0.5) is 0 Å². The molecule has 0 aromatic heterocycles. The summed E-state index contributed by atoms with van der Waals surface area (Å²) in [6, 6.07) is 13.3. The van der Waals surface area contributed by atoms with E-state index in [4.69, 9.17) is 11.6 Å². The summed E-state index contributed by atoms with van der Waals surface area (Å²) in [5.74, 6) is -0.543. The SMILES string of the molecule is CCC(C)(NC(=O)c1ccc2ccccc2c1)C(=O)C(Cl)Br. The highest BCUT2D eigenvalue weighted by molar-refractivity contribution is 9.10. The average Bonchev–Trinajstić information content (AvgIpc) is 2.53. The molecule has 2 atom stereocenters. The molecule has 0 heterocycles. The lowest BCUT2D eigenvalue weighted by Gasteiger charge is -2.28. The zero-order valence-corrected chi connectivity index (χ0v) is 14.7. The number of ketones is 1. The highest BCUT2D eigenvalue weighted by Gasteiger charge is 2.36. The van der Waals surface area contributed by atoms with Gasteiger partial charge in [0.25, 0.3) is 5.91 Å². The van der Waals surface area contributed by atoms with Gasteiger partial charge in [-0.3, -0.25) is 9.59 Å². The van der Waals surface area contributed by atoms with Gasteiger partial charge in [-0.2, -0.15) is 0 Å². The van der Waals surface area contributed by atoms with Crippen LogP contribution < -0.4 is 5.32 Å². The van der Waals surface area contributed by atoms with Gasteiger partial charge in [-0.05, 0) is 36.2 Å². The maximum Gasteiger partial charge on any atom is 0.252 e. The summed E-state index contributed by atoms with van der Waals surface area (Å²) >= 11 is 8.87. The van der Waals surface area contributed by atoms with E-state index < -0.39 is 9.83 Å². The zero-order chi connectivity index (χ0) is 16.3. The predicted molar refractivity (Wildman–Crippen MR) is 93.7 cm³/mol. The largest absolute Gasteiger partial charge is 0.340 e. The first-order valence-corrected chi connectivity index (χ1v) is 8.36. The minimum atomic E-state index is -1.00. The fourth-order valence-corrected chi connectivity index (χ4v) is 2.96. The number of halogens is 2. The number of amides is 1. The molecule has 0 aliphatic heterocycles. The van der Waals surface area contributed by atoms with Crippen LogP contribution in [-0.2, 0) is 4.79 Å². The third-order valence-electron chi connectivity index (χ3n) is 3.85. The van der Waals surface area contributed by atoms with Crippen LogP contribution >= 0.6 is 27.5 Å². The van der Waals surface area contributed by atoms with Crippen molar-refractivity contribution in [1.29, 1.82) is 0 Å². The van der Waals surface area contributed by atoms with E-state index >= 15 is 0 Å². The molecular formula is C17H17BrClNO2. The third-order valence-corrected chi connectivity index (χ3v) is 4.46. The van der Waals surface area contributed by atoms with E-state index in [1.165, 1.54) is 0 Å². The average molecular weight is 383 g/mol. The molecule has 0 aliphatic carbocycles. The molecule has 0 spiro atoms. The van der Waals surface area contributed by atoms with Crippen molar-refractivity contribution in [2.45, 2.75) is 30.1 Å². The highest BCUT2D eigenvalue weighted by atomic mass is 79.9. The van der Waals surface area contributed by atoms with Gasteiger partial charge in [0.1, 0.15) is 4.29 Å². The smallest absolute Gasteiger partial charge is 0.252 e. The summed E-state index contributed by atoms with van der Waals surface area (Å²) in [6.45, 7) is 3.52. The van der Waals surface area contributed by atoms with Crippen LogP contribution in [0.15, 0.2) is 42.5 Å². The molecule has 2 aromatic carbocycles. The summed E-state index contributed by atoms with van der Waals surface area (Å²) in [7, 11) is 0. The number of nitrogens with one attached hydrogen (secondary N) is 1. The number of rotatable bonds is 5. The Morgan fingerprint density at radius 1 is 1.23 bits per heavy atom. The quantitative estimate of drug-likeness (QED) is 0.785. The monoisotopic (exact) mass is 381 g/mol. The number of hydrogen-bond acceptors (Lipinski definition) is 2. The van der Waals surface area contributed by atoms with Gasteiger partial charge in [0, 0.05) is 5.56 Å². The van der Waals surface area contributed by atoms with E-state index in [1.807, 2.05) is 43.3 Å². The van der Waals surface area contributed by atoms with E-state index in [2.05, 4.69) is 21.2 Å². The summed E-state index contributed by atoms with van der Waals surface area (Å²) in [4.78, 5) is 24.6. The van der Waals surface area contributed by atoms with Crippen LogP contribution in [0.3, 0.4) is 0 Å². The Bertz CT molecular complexity index is 717.